The Morgan fingerprint density at radius 2 is 1.07 bits per heavy atom. The van der Waals surface area contributed by atoms with E-state index in [0.717, 1.165) is 22.2 Å². The molecular formula is C41H27N2PS. The summed E-state index contributed by atoms with van der Waals surface area (Å²) in [5, 5.41) is 9.64. The van der Waals surface area contributed by atoms with Gasteiger partial charge in [0.1, 0.15) is 5.65 Å². The molecule has 0 amide bonds. The van der Waals surface area contributed by atoms with Crippen LogP contribution in [0.1, 0.15) is 0 Å². The standard InChI is InChI=1S/C41H27N2PS/c45-44(32-11-3-1-4-12-32,33-13-5-2-6-14-33)34-23-21-28-19-20-29(25-31(28)26-34)30-22-24-36-35-15-7-8-16-37(35)41-42-38-17-9-10-18-39(38)43(41)40(36)27-30/h1-27H. The van der Waals surface area contributed by atoms with Crippen molar-refractivity contribution in [2.75, 3.05) is 0 Å². The summed E-state index contributed by atoms with van der Waals surface area (Å²) in [6.07, 6.45) is 0. The van der Waals surface area contributed by atoms with E-state index in [1.807, 2.05) is 0 Å². The zero-order chi connectivity index (χ0) is 30.0. The molecule has 7 aromatic carbocycles. The van der Waals surface area contributed by atoms with E-state index < -0.39 is 6.04 Å². The fourth-order valence-electron chi connectivity index (χ4n) is 6.82. The molecule has 0 aliphatic rings. The first-order valence-electron chi connectivity index (χ1n) is 15.2. The minimum Gasteiger partial charge on any atom is -0.292 e. The Balaban J connectivity index is 1.26. The van der Waals surface area contributed by atoms with Gasteiger partial charge in [-0.15, -0.1) is 0 Å². The SMILES string of the molecule is S=P(c1ccccc1)(c1ccccc1)c1ccc2ccc(-c3ccc4c5ccccc5c5nc6ccccc6n5c4c3)cc2c1. The van der Waals surface area contributed by atoms with Gasteiger partial charge in [-0.2, -0.15) is 0 Å². The fraction of sp³-hybridized carbons (Fsp3) is 0. The second kappa shape index (κ2) is 10.2. The molecule has 9 rings (SSSR count). The van der Waals surface area contributed by atoms with Crippen LogP contribution in [0.15, 0.2) is 164 Å². The van der Waals surface area contributed by atoms with Crippen LogP contribution in [0.2, 0.25) is 0 Å². The number of nitrogens with zero attached hydrogens (tertiary/aromatic N) is 2. The summed E-state index contributed by atoms with van der Waals surface area (Å²) in [6.45, 7) is 0. The van der Waals surface area contributed by atoms with Gasteiger partial charge in [0.15, 0.2) is 0 Å². The maximum Gasteiger partial charge on any atom is 0.146 e. The molecule has 2 heterocycles. The molecule has 0 N–H and O–H groups in total. The first-order chi connectivity index (χ1) is 22.2. The molecule has 0 fully saturated rings. The summed E-state index contributed by atoms with van der Waals surface area (Å²) >= 11 is 6.66. The molecule has 0 aliphatic heterocycles. The topological polar surface area (TPSA) is 17.3 Å². The average Bonchev–Trinajstić information content (AvgIpc) is 3.52. The van der Waals surface area contributed by atoms with Crippen LogP contribution < -0.4 is 15.9 Å². The number of hydrogen-bond acceptors (Lipinski definition) is 2. The number of fused-ring (bicyclic) bond motifs is 9. The van der Waals surface area contributed by atoms with Crippen molar-refractivity contribution in [3.63, 3.8) is 0 Å². The van der Waals surface area contributed by atoms with Crippen molar-refractivity contribution in [2.45, 2.75) is 0 Å². The molecule has 0 radical (unpaired) electrons. The lowest BCUT2D eigenvalue weighted by atomic mass is 9.98. The Hall–Kier alpha value is -5.08. The summed E-state index contributed by atoms with van der Waals surface area (Å²) in [6, 6.07) is 56.5. The highest BCUT2D eigenvalue weighted by atomic mass is 32.4. The van der Waals surface area contributed by atoms with Gasteiger partial charge in [0.05, 0.1) is 16.6 Å². The van der Waals surface area contributed by atoms with Crippen molar-refractivity contribution in [1.82, 2.24) is 9.38 Å². The van der Waals surface area contributed by atoms with Crippen molar-refractivity contribution in [3.8, 4) is 11.1 Å². The van der Waals surface area contributed by atoms with Gasteiger partial charge in [0.25, 0.3) is 0 Å². The Morgan fingerprint density at radius 3 is 1.84 bits per heavy atom. The van der Waals surface area contributed by atoms with Gasteiger partial charge in [-0.25, -0.2) is 4.98 Å². The molecular weight excluding hydrogens is 584 g/mol. The third-order valence-corrected chi connectivity index (χ3v) is 14.0. The normalized spacial score (nSPS) is 12.1. The van der Waals surface area contributed by atoms with Gasteiger partial charge in [-0.05, 0) is 73.5 Å². The van der Waals surface area contributed by atoms with Crippen LogP contribution in [-0.2, 0) is 11.8 Å². The number of imidazole rings is 1. The highest BCUT2D eigenvalue weighted by Gasteiger charge is 2.25. The number of hydrogen-bond donors (Lipinski definition) is 0. The van der Waals surface area contributed by atoms with Crippen LogP contribution in [0.4, 0.5) is 0 Å². The molecule has 2 aromatic heterocycles. The van der Waals surface area contributed by atoms with Crippen molar-refractivity contribution in [2.24, 2.45) is 0 Å². The number of aromatic nitrogens is 2. The Kier molecular flexibility index (Phi) is 5.99. The molecule has 2 nitrogen and oxygen atoms in total. The second-order valence-corrected chi connectivity index (χ2v) is 16.0. The minimum atomic E-state index is -2.24. The number of para-hydroxylation sites is 2. The summed E-state index contributed by atoms with van der Waals surface area (Å²) < 4.78 is 2.32. The van der Waals surface area contributed by atoms with Crippen LogP contribution in [0, 0.1) is 0 Å². The molecule has 0 atom stereocenters. The van der Waals surface area contributed by atoms with E-state index in [0.29, 0.717) is 0 Å². The van der Waals surface area contributed by atoms with Crippen LogP contribution >= 0.6 is 6.04 Å². The molecule has 0 saturated heterocycles. The zero-order valence-electron chi connectivity index (χ0n) is 24.3. The van der Waals surface area contributed by atoms with Gasteiger partial charge in [0.2, 0.25) is 0 Å². The van der Waals surface area contributed by atoms with Gasteiger partial charge in [0, 0.05) is 16.8 Å². The van der Waals surface area contributed by atoms with E-state index >= 15 is 0 Å². The van der Waals surface area contributed by atoms with E-state index in [2.05, 4.69) is 168 Å². The van der Waals surface area contributed by atoms with Gasteiger partial charge < -0.3 is 0 Å². The van der Waals surface area contributed by atoms with Crippen molar-refractivity contribution in [1.29, 1.82) is 0 Å². The highest BCUT2D eigenvalue weighted by molar-refractivity contribution is 8.25. The Morgan fingerprint density at radius 1 is 0.444 bits per heavy atom. The third kappa shape index (κ3) is 4.09. The van der Waals surface area contributed by atoms with Crippen LogP contribution in [0.5, 0.6) is 0 Å². The van der Waals surface area contributed by atoms with Crippen LogP contribution in [0.25, 0.3) is 60.3 Å². The lowest BCUT2D eigenvalue weighted by Crippen LogP contribution is -2.24. The molecule has 0 bridgehead atoms. The summed E-state index contributed by atoms with van der Waals surface area (Å²) in [7, 11) is 0. The monoisotopic (exact) mass is 610 g/mol. The molecule has 4 heteroatoms. The lowest BCUT2D eigenvalue weighted by molar-refractivity contribution is 1.31. The average molecular weight is 611 g/mol. The molecule has 212 valence electrons. The highest BCUT2D eigenvalue weighted by Crippen LogP contribution is 2.43. The quantitative estimate of drug-likeness (QED) is 0.146. The van der Waals surface area contributed by atoms with Crippen molar-refractivity contribution in [3.05, 3.63) is 164 Å². The van der Waals surface area contributed by atoms with E-state index in [9.17, 15) is 0 Å². The first-order valence-corrected chi connectivity index (χ1v) is 18.0. The second-order valence-electron chi connectivity index (χ2n) is 11.6. The minimum absolute atomic E-state index is 0.993. The molecule has 9 aromatic rings. The zero-order valence-corrected chi connectivity index (χ0v) is 26.0. The smallest absolute Gasteiger partial charge is 0.146 e. The van der Waals surface area contributed by atoms with E-state index in [1.54, 1.807) is 0 Å². The maximum atomic E-state index is 6.66. The van der Waals surface area contributed by atoms with E-state index in [1.165, 1.54) is 54.0 Å². The van der Waals surface area contributed by atoms with E-state index in [-0.39, 0.29) is 0 Å². The first kappa shape index (κ1) is 26.3. The summed E-state index contributed by atoms with van der Waals surface area (Å²) in [4.78, 5) is 5.08. The molecule has 0 aliphatic carbocycles. The van der Waals surface area contributed by atoms with Crippen LogP contribution in [-0.4, -0.2) is 9.38 Å². The molecule has 0 spiro atoms. The van der Waals surface area contributed by atoms with Crippen LogP contribution in [0.3, 0.4) is 0 Å². The molecule has 0 saturated carbocycles. The number of pyridine rings is 1. The Labute approximate surface area is 266 Å². The molecule has 0 unspecified atom stereocenters. The summed E-state index contributed by atoms with van der Waals surface area (Å²) in [5.41, 5.74) is 6.64. The predicted octanol–water partition coefficient (Wildman–Crippen LogP) is 9.37. The van der Waals surface area contributed by atoms with Gasteiger partial charge >= 0.3 is 0 Å². The molecule has 45 heavy (non-hydrogen) atoms. The lowest BCUT2D eigenvalue weighted by Gasteiger charge is -2.24. The van der Waals surface area contributed by atoms with Crippen molar-refractivity contribution < 1.29 is 0 Å². The fourth-order valence-corrected chi connectivity index (χ4v) is 10.6. The summed E-state index contributed by atoms with van der Waals surface area (Å²) in [5.74, 6) is 0. The largest absolute Gasteiger partial charge is 0.292 e. The third-order valence-electron chi connectivity index (χ3n) is 9.02. The number of rotatable bonds is 4. The predicted molar refractivity (Wildman–Crippen MR) is 197 cm³/mol. The van der Waals surface area contributed by atoms with Crippen molar-refractivity contribution >= 4 is 82.9 Å². The van der Waals surface area contributed by atoms with Gasteiger partial charge in [-0.1, -0.05) is 145 Å². The van der Waals surface area contributed by atoms with Gasteiger partial charge in [-0.3, -0.25) is 4.40 Å². The number of benzene rings is 7. The Bertz CT molecular complexity index is 2580. The van der Waals surface area contributed by atoms with E-state index in [4.69, 9.17) is 16.8 Å². The maximum absolute atomic E-state index is 6.66.